The highest BCUT2D eigenvalue weighted by Crippen LogP contribution is 2.40. The number of nitrogens with zero attached hydrogens (tertiary/aromatic N) is 2. The van der Waals surface area contributed by atoms with E-state index < -0.39 is 0 Å². The van der Waals surface area contributed by atoms with Gasteiger partial charge in [-0.2, -0.15) is 0 Å². The van der Waals surface area contributed by atoms with E-state index in [2.05, 4.69) is 23.6 Å². The Morgan fingerprint density at radius 2 is 1.88 bits per heavy atom. The smallest absolute Gasteiger partial charge is 0.0470 e. The van der Waals surface area contributed by atoms with Gasteiger partial charge >= 0.3 is 0 Å². The molecule has 0 aromatic rings. The van der Waals surface area contributed by atoms with Gasteiger partial charge in [0.05, 0.1) is 0 Å². The third-order valence-electron chi connectivity index (χ3n) is 5.15. The first-order valence-corrected chi connectivity index (χ1v) is 7.24. The normalized spacial score (nSPS) is 39.0. The molecule has 1 atom stereocenters. The zero-order valence-electron chi connectivity index (χ0n) is 11.4. The SMILES string of the molecule is CC1(C)CCN(C2(CN)CCN(C3CC3)C2)C1. The standard InChI is InChI=1S/C14H27N3/c1-13(2)5-8-17(10-13)14(9-15)6-7-16(11-14)12-3-4-12/h12H,3-11,15H2,1-2H3. The molecular formula is C14H27N3. The van der Waals surface area contributed by atoms with Crippen molar-refractivity contribution in [2.75, 3.05) is 32.7 Å². The summed E-state index contributed by atoms with van der Waals surface area (Å²) >= 11 is 0. The van der Waals surface area contributed by atoms with Crippen molar-refractivity contribution in [3.8, 4) is 0 Å². The molecule has 0 aromatic heterocycles. The number of rotatable bonds is 3. The van der Waals surface area contributed by atoms with Gasteiger partial charge in [-0.05, 0) is 37.6 Å². The molecule has 0 radical (unpaired) electrons. The number of likely N-dealkylation sites (tertiary alicyclic amines) is 2. The fraction of sp³-hybridized carbons (Fsp3) is 1.00. The summed E-state index contributed by atoms with van der Waals surface area (Å²) in [6.07, 6.45) is 5.46. The summed E-state index contributed by atoms with van der Waals surface area (Å²) < 4.78 is 0. The number of nitrogens with two attached hydrogens (primary N) is 1. The van der Waals surface area contributed by atoms with Crippen molar-refractivity contribution in [2.24, 2.45) is 11.1 Å². The van der Waals surface area contributed by atoms with Crippen LogP contribution in [0.15, 0.2) is 0 Å². The molecule has 2 aliphatic heterocycles. The molecule has 3 nitrogen and oxygen atoms in total. The average molecular weight is 237 g/mol. The van der Waals surface area contributed by atoms with Crippen molar-refractivity contribution in [1.29, 1.82) is 0 Å². The van der Waals surface area contributed by atoms with Crippen LogP contribution in [0.2, 0.25) is 0 Å². The van der Waals surface area contributed by atoms with E-state index in [1.54, 1.807) is 0 Å². The summed E-state index contributed by atoms with van der Waals surface area (Å²) in [5.41, 5.74) is 6.95. The van der Waals surface area contributed by atoms with Crippen LogP contribution < -0.4 is 5.73 Å². The quantitative estimate of drug-likeness (QED) is 0.803. The van der Waals surface area contributed by atoms with Crippen LogP contribution in [0.4, 0.5) is 0 Å². The fourth-order valence-corrected chi connectivity index (χ4v) is 3.71. The summed E-state index contributed by atoms with van der Waals surface area (Å²) in [6.45, 7) is 10.6. The second-order valence-corrected chi connectivity index (χ2v) is 7.22. The van der Waals surface area contributed by atoms with E-state index in [9.17, 15) is 0 Å². The van der Waals surface area contributed by atoms with E-state index in [0.717, 1.165) is 12.6 Å². The van der Waals surface area contributed by atoms with Crippen LogP contribution in [0, 0.1) is 5.41 Å². The molecule has 2 heterocycles. The van der Waals surface area contributed by atoms with Crippen molar-refractivity contribution in [2.45, 2.75) is 51.1 Å². The lowest BCUT2D eigenvalue weighted by molar-refractivity contribution is 0.114. The van der Waals surface area contributed by atoms with Crippen molar-refractivity contribution in [3.63, 3.8) is 0 Å². The lowest BCUT2D eigenvalue weighted by Crippen LogP contribution is -2.55. The first kappa shape index (κ1) is 11.9. The highest BCUT2D eigenvalue weighted by molar-refractivity contribution is 5.06. The maximum Gasteiger partial charge on any atom is 0.0470 e. The monoisotopic (exact) mass is 237 g/mol. The molecule has 0 amide bonds. The Balaban J connectivity index is 1.70. The van der Waals surface area contributed by atoms with E-state index in [4.69, 9.17) is 5.73 Å². The molecular weight excluding hydrogens is 210 g/mol. The van der Waals surface area contributed by atoms with E-state index in [1.165, 1.54) is 51.9 Å². The Hall–Kier alpha value is -0.120. The van der Waals surface area contributed by atoms with Crippen molar-refractivity contribution >= 4 is 0 Å². The van der Waals surface area contributed by atoms with Gasteiger partial charge in [0.25, 0.3) is 0 Å². The first-order valence-electron chi connectivity index (χ1n) is 7.24. The van der Waals surface area contributed by atoms with E-state index in [0.29, 0.717) is 11.0 Å². The summed E-state index contributed by atoms with van der Waals surface area (Å²) in [6, 6.07) is 0.902. The minimum Gasteiger partial charge on any atom is -0.329 e. The molecule has 3 rings (SSSR count). The summed E-state index contributed by atoms with van der Waals surface area (Å²) in [5, 5.41) is 0. The third-order valence-corrected chi connectivity index (χ3v) is 5.15. The second kappa shape index (κ2) is 3.94. The Bertz CT molecular complexity index is 298. The van der Waals surface area contributed by atoms with Gasteiger partial charge in [-0.3, -0.25) is 9.80 Å². The molecule has 1 unspecified atom stereocenters. The van der Waals surface area contributed by atoms with Gasteiger partial charge in [-0.25, -0.2) is 0 Å². The van der Waals surface area contributed by atoms with Gasteiger partial charge < -0.3 is 5.73 Å². The summed E-state index contributed by atoms with van der Waals surface area (Å²) in [7, 11) is 0. The van der Waals surface area contributed by atoms with E-state index in [-0.39, 0.29) is 0 Å². The topological polar surface area (TPSA) is 32.5 Å². The van der Waals surface area contributed by atoms with Gasteiger partial charge in [0, 0.05) is 37.8 Å². The Kier molecular flexibility index (Phi) is 2.77. The van der Waals surface area contributed by atoms with E-state index in [1.807, 2.05) is 0 Å². The van der Waals surface area contributed by atoms with Gasteiger partial charge in [0.15, 0.2) is 0 Å². The minimum absolute atomic E-state index is 0.302. The second-order valence-electron chi connectivity index (χ2n) is 7.22. The Morgan fingerprint density at radius 1 is 1.12 bits per heavy atom. The molecule has 0 spiro atoms. The van der Waals surface area contributed by atoms with E-state index >= 15 is 0 Å². The van der Waals surface area contributed by atoms with Crippen LogP contribution in [-0.4, -0.2) is 54.1 Å². The molecule has 1 aliphatic carbocycles. The summed E-state index contributed by atoms with van der Waals surface area (Å²) in [5.74, 6) is 0. The molecule has 3 heteroatoms. The van der Waals surface area contributed by atoms with Crippen LogP contribution in [0.1, 0.15) is 39.5 Å². The maximum atomic E-state index is 6.15. The molecule has 17 heavy (non-hydrogen) atoms. The minimum atomic E-state index is 0.302. The van der Waals surface area contributed by atoms with Crippen LogP contribution in [-0.2, 0) is 0 Å². The zero-order chi connectivity index (χ0) is 12.1. The largest absolute Gasteiger partial charge is 0.329 e. The molecule has 0 aromatic carbocycles. The molecule has 2 N–H and O–H groups in total. The van der Waals surface area contributed by atoms with Crippen molar-refractivity contribution < 1.29 is 0 Å². The Labute approximate surface area is 105 Å². The van der Waals surface area contributed by atoms with Crippen molar-refractivity contribution in [1.82, 2.24) is 9.80 Å². The fourth-order valence-electron chi connectivity index (χ4n) is 3.71. The molecule has 98 valence electrons. The molecule has 2 saturated heterocycles. The molecule has 3 fully saturated rings. The zero-order valence-corrected chi connectivity index (χ0v) is 11.4. The first-order chi connectivity index (χ1) is 8.05. The van der Waals surface area contributed by atoms with Gasteiger partial charge in [-0.15, -0.1) is 0 Å². The van der Waals surface area contributed by atoms with Crippen LogP contribution in [0.3, 0.4) is 0 Å². The van der Waals surface area contributed by atoms with Gasteiger partial charge in [-0.1, -0.05) is 13.8 Å². The highest BCUT2D eigenvalue weighted by Gasteiger charge is 2.48. The van der Waals surface area contributed by atoms with Crippen LogP contribution in [0.25, 0.3) is 0 Å². The highest BCUT2D eigenvalue weighted by atomic mass is 15.3. The predicted octanol–water partition coefficient (Wildman–Crippen LogP) is 1.28. The Morgan fingerprint density at radius 3 is 2.41 bits per heavy atom. The maximum absolute atomic E-state index is 6.15. The lowest BCUT2D eigenvalue weighted by Gasteiger charge is -2.39. The molecule has 3 aliphatic rings. The van der Waals surface area contributed by atoms with Gasteiger partial charge in [0.2, 0.25) is 0 Å². The molecule has 1 saturated carbocycles. The van der Waals surface area contributed by atoms with Crippen LogP contribution >= 0.6 is 0 Å². The van der Waals surface area contributed by atoms with Crippen molar-refractivity contribution in [3.05, 3.63) is 0 Å². The lowest BCUT2D eigenvalue weighted by atomic mass is 9.92. The molecule has 0 bridgehead atoms. The van der Waals surface area contributed by atoms with Crippen LogP contribution in [0.5, 0.6) is 0 Å². The number of hydrogen-bond acceptors (Lipinski definition) is 3. The predicted molar refractivity (Wildman–Crippen MR) is 71.0 cm³/mol. The third kappa shape index (κ3) is 2.13. The number of hydrogen-bond donors (Lipinski definition) is 1. The summed E-state index contributed by atoms with van der Waals surface area (Å²) in [4.78, 5) is 5.40. The average Bonchev–Trinajstić information content (AvgIpc) is 2.94. The van der Waals surface area contributed by atoms with Gasteiger partial charge in [0.1, 0.15) is 0 Å².